The van der Waals surface area contributed by atoms with E-state index in [0.29, 0.717) is 31.8 Å². The minimum Gasteiger partial charge on any atom is -0.504 e. The maximum atomic E-state index is 12.3. The fourth-order valence-electron chi connectivity index (χ4n) is 2.43. The molecule has 6 nitrogen and oxygen atoms in total. The molecule has 0 bridgehead atoms. The van der Waals surface area contributed by atoms with Crippen LogP contribution in [-0.4, -0.2) is 30.1 Å². The summed E-state index contributed by atoms with van der Waals surface area (Å²) >= 11 is 1.16. The number of aromatic amines is 1. The van der Waals surface area contributed by atoms with E-state index in [4.69, 9.17) is 9.47 Å². The van der Waals surface area contributed by atoms with E-state index in [-0.39, 0.29) is 17.1 Å². The first-order chi connectivity index (χ1) is 13.0. The Balaban J connectivity index is 1.93. The van der Waals surface area contributed by atoms with E-state index in [0.717, 1.165) is 11.3 Å². The molecule has 2 N–H and O–H groups in total. The van der Waals surface area contributed by atoms with Crippen molar-refractivity contribution in [1.29, 1.82) is 0 Å². The number of thiazole rings is 1. The second-order valence-electron chi connectivity index (χ2n) is 5.60. The Hall–Kier alpha value is -3.32. The van der Waals surface area contributed by atoms with Gasteiger partial charge in [0.15, 0.2) is 17.3 Å². The Morgan fingerprint density at radius 1 is 1.11 bits per heavy atom. The topological polar surface area (TPSA) is 88.6 Å². The van der Waals surface area contributed by atoms with Crippen LogP contribution in [0.1, 0.15) is 15.9 Å². The molecular formula is C20H17NO5S. The first kappa shape index (κ1) is 18.5. The number of hydrogen-bond donors (Lipinski definition) is 2. The largest absolute Gasteiger partial charge is 0.504 e. The number of H-pyrrole nitrogens is 1. The van der Waals surface area contributed by atoms with Crippen molar-refractivity contribution in [1.82, 2.24) is 4.98 Å². The molecule has 0 spiro atoms. The third-order valence-electron chi connectivity index (χ3n) is 3.82. The predicted octanol–water partition coefficient (Wildman–Crippen LogP) is 1.65. The van der Waals surface area contributed by atoms with Crippen LogP contribution in [0.4, 0.5) is 0 Å². The SMILES string of the molecule is COc1ccc(C(=O)C=c2[nH]c(=O)c(=Cc3ccc(OC)c(O)c3)s2)cc1. The quantitative estimate of drug-likeness (QED) is 0.654. The lowest BCUT2D eigenvalue weighted by Gasteiger charge is -2.02. The maximum absolute atomic E-state index is 12.3. The molecule has 0 atom stereocenters. The highest BCUT2D eigenvalue weighted by Crippen LogP contribution is 2.26. The molecule has 0 saturated carbocycles. The molecule has 0 saturated heterocycles. The molecule has 0 aliphatic carbocycles. The number of carbonyl (C=O) groups excluding carboxylic acids is 1. The zero-order valence-corrected chi connectivity index (χ0v) is 15.5. The number of nitrogens with one attached hydrogen (secondary N) is 1. The van der Waals surface area contributed by atoms with Crippen LogP contribution in [0.25, 0.3) is 12.2 Å². The van der Waals surface area contributed by atoms with E-state index in [9.17, 15) is 14.7 Å². The molecule has 0 aliphatic rings. The van der Waals surface area contributed by atoms with E-state index in [1.54, 1.807) is 49.6 Å². The summed E-state index contributed by atoms with van der Waals surface area (Å²) in [6.45, 7) is 0. The smallest absolute Gasteiger partial charge is 0.266 e. The predicted molar refractivity (Wildman–Crippen MR) is 104 cm³/mol. The average Bonchev–Trinajstić information content (AvgIpc) is 3.00. The van der Waals surface area contributed by atoms with Gasteiger partial charge in [-0.15, -0.1) is 11.3 Å². The molecule has 1 heterocycles. The van der Waals surface area contributed by atoms with Crippen LogP contribution < -0.4 is 24.2 Å². The van der Waals surface area contributed by atoms with Gasteiger partial charge in [-0.25, -0.2) is 0 Å². The number of aromatic nitrogens is 1. The minimum atomic E-state index is -0.302. The molecule has 138 valence electrons. The van der Waals surface area contributed by atoms with Crippen molar-refractivity contribution in [2.24, 2.45) is 0 Å². The Bertz CT molecular complexity index is 1140. The summed E-state index contributed by atoms with van der Waals surface area (Å²) in [5.41, 5.74) is 0.841. The van der Waals surface area contributed by atoms with Gasteiger partial charge in [-0.2, -0.15) is 0 Å². The first-order valence-corrected chi connectivity index (χ1v) is 8.80. The molecule has 2 aromatic carbocycles. The Morgan fingerprint density at radius 2 is 1.85 bits per heavy atom. The molecule has 7 heteroatoms. The minimum absolute atomic E-state index is 0.0132. The number of rotatable bonds is 5. The van der Waals surface area contributed by atoms with E-state index >= 15 is 0 Å². The van der Waals surface area contributed by atoms with E-state index in [2.05, 4.69) is 4.98 Å². The third-order valence-corrected chi connectivity index (χ3v) is 4.78. The van der Waals surface area contributed by atoms with Gasteiger partial charge in [-0.05, 0) is 48.0 Å². The lowest BCUT2D eigenvalue weighted by atomic mass is 10.1. The van der Waals surface area contributed by atoms with Crippen LogP contribution in [0, 0.1) is 0 Å². The number of ketones is 1. The lowest BCUT2D eigenvalue weighted by molar-refractivity contribution is 0.106. The van der Waals surface area contributed by atoms with Crippen molar-refractivity contribution in [2.45, 2.75) is 0 Å². The van der Waals surface area contributed by atoms with Crippen molar-refractivity contribution in [2.75, 3.05) is 14.2 Å². The standard InChI is InChI=1S/C20H17NO5S/c1-25-14-6-4-13(5-7-14)15(22)11-19-21-20(24)18(27-19)10-12-3-8-17(26-2)16(23)9-12/h3-11,23H,1-2H3,(H,21,24). The molecule has 0 radical (unpaired) electrons. The number of hydrogen-bond acceptors (Lipinski definition) is 6. The van der Waals surface area contributed by atoms with E-state index < -0.39 is 0 Å². The zero-order chi connectivity index (χ0) is 19.4. The fourth-order valence-corrected chi connectivity index (χ4v) is 3.32. The van der Waals surface area contributed by atoms with Crippen molar-refractivity contribution < 1.29 is 19.4 Å². The zero-order valence-electron chi connectivity index (χ0n) is 14.7. The van der Waals surface area contributed by atoms with E-state index in [1.807, 2.05) is 0 Å². The van der Waals surface area contributed by atoms with Crippen LogP contribution in [0.15, 0.2) is 47.3 Å². The molecule has 0 amide bonds. The van der Waals surface area contributed by atoms with Gasteiger partial charge in [-0.1, -0.05) is 6.07 Å². The fraction of sp³-hybridized carbons (Fsp3) is 0.100. The second-order valence-corrected chi connectivity index (χ2v) is 6.68. The van der Waals surface area contributed by atoms with Crippen LogP contribution in [-0.2, 0) is 0 Å². The maximum Gasteiger partial charge on any atom is 0.266 e. The van der Waals surface area contributed by atoms with Gasteiger partial charge < -0.3 is 19.6 Å². The van der Waals surface area contributed by atoms with Crippen molar-refractivity contribution in [3.63, 3.8) is 0 Å². The van der Waals surface area contributed by atoms with Gasteiger partial charge in [0.25, 0.3) is 5.56 Å². The molecule has 27 heavy (non-hydrogen) atoms. The monoisotopic (exact) mass is 383 g/mol. The van der Waals surface area contributed by atoms with Crippen molar-refractivity contribution in [3.05, 3.63) is 73.1 Å². The number of Topliss-reactive ketones (excluding diaryl/α,β-unsaturated/α-hetero) is 1. The highest BCUT2D eigenvalue weighted by Gasteiger charge is 2.05. The number of ether oxygens (including phenoxy) is 2. The lowest BCUT2D eigenvalue weighted by Crippen LogP contribution is -2.20. The summed E-state index contributed by atoms with van der Waals surface area (Å²) in [7, 11) is 3.02. The summed E-state index contributed by atoms with van der Waals surface area (Å²) < 4.78 is 10.9. The number of aromatic hydroxyl groups is 1. The van der Waals surface area contributed by atoms with Crippen molar-refractivity contribution in [3.8, 4) is 17.2 Å². The third kappa shape index (κ3) is 4.27. The Labute approximate surface area is 158 Å². The molecule has 0 aliphatic heterocycles. The second kappa shape index (κ2) is 7.92. The van der Waals surface area contributed by atoms with Crippen LogP contribution in [0.5, 0.6) is 17.2 Å². The van der Waals surface area contributed by atoms with Gasteiger partial charge in [-0.3, -0.25) is 9.59 Å². The normalized spacial score (nSPS) is 12.2. The summed E-state index contributed by atoms with van der Waals surface area (Å²) in [6, 6.07) is 11.6. The van der Waals surface area contributed by atoms with Gasteiger partial charge in [0, 0.05) is 11.6 Å². The summed E-state index contributed by atoms with van der Waals surface area (Å²) in [5.74, 6) is 0.784. The van der Waals surface area contributed by atoms with Crippen LogP contribution in [0.3, 0.4) is 0 Å². The van der Waals surface area contributed by atoms with Gasteiger partial charge >= 0.3 is 0 Å². The molecule has 1 aromatic heterocycles. The average molecular weight is 383 g/mol. The summed E-state index contributed by atoms with van der Waals surface area (Å²) in [5, 5.41) is 9.84. The van der Waals surface area contributed by atoms with Crippen molar-refractivity contribution >= 4 is 29.3 Å². The highest BCUT2D eigenvalue weighted by atomic mass is 32.1. The number of phenols is 1. The number of carbonyl (C=O) groups is 1. The van der Waals surface area contributed by atoms with Gasteiger partial charge in [0.05, 0.1) is 23.4 Å². The van der Waals surface area contributed by atoms with E-state index in [1.165, 1.54) is 19.3 Å². The number of phenolic OH excluding ortho intramolecular Hbond substituents is 1. The number of methoxy groups -OCH3 is 2. The van der Waals surface area contributed by atoms with Gasteiger partial charge in [0.1, 0.15) is 5.75 Å². The molecule has 3 aromatic rings. The van der Waals surface area contributed by atoms with Gasteiger partial charge in [0.2, 0.25) is 0 Å². The Morgan fingerprint density at radius 3 is 2.48 bits per heavy atom. The molecule has 3 rings (SSSR count). The summed E-state index contributed by atoms with van der Waals surface area (Å²) in [6.07, 6.45) is 3.02. The van der Waals surface area contributed by atoms with Crippen LogP contribution in [0.2, 0.25) is 0 Å². The highest BCUT2D eigenvalue weighted by molar-refractivity contribution is 7.07. The summed E-state index contributed by atoms with van der Waals surface area (Å²) in [4.78, 5) is 27.2. The molecular weight excluding hydrogens is 366 g/mol. The van der Waals surface area contributed by atoms with Crippen LogP contribution >= 0.6 is 11.3 Å². The number of benzene rings is 2. The Kier molecular flexibility index (Phi) is 5.42. The molecule has 0 unspecified atom stereocenters. The molecule has 0 fully saturated rings. The first-order valence-electron chi connectivity index (χ1n) is 7.98.